The van der Waals surface area contributed by atoms with Crippen molar-refractivity contribution in [3.63, 3.8) is 0 Å². The molecule has 0 spiro atoms. The number of rotatable bonds is 3. The van der Waals surface area contributed by atoms with Crippen molar-refractivity contribution < 1.29 is 0 Å². The molecule has 0 bridgehead atoms. The predicted molar refractivity (Wildman–Crippen MR) is 101 cm³/mol. The molecule has 0 fully saturated rings. The summed E-state index contributed by atoms with van der Waals surface area (Å²) < 4.78 is 4.53. The summed E-state index contributed by atoms with van der Waals surface area (Å²) in [5, 5.41) is 7.60. The number of aromatic nitrogens is 3. The molecule has 24 heavy (non-hydrogen) atoms. The van der Waals surface area contributed by atoms with Gasteiger partial charge in [0.1, 0.15) is 0 Å². The third kappa shape index (κ3) is 2.84. The van der Waals surface area contributed by atoms with Crippen LogP contribution in [0.1, 0.15) is 10.4 Å². The molecule has 1 aliphatic heterocycles. The topological polar surface area (TPSA) is 26.0 Å². The average molecular weight is 377 g/mol. The van der Waals surface area contributed by atoms with E-state index in [0.29, 0.717) is 16.5 Å². The number of hydrogen-bond donors (Lipinski definition) is 0. The van der Waals surface area contributed by atoms with Crippen molar-refractivity contribution in [1.29, 1.82) is 0 Å². The van der Waals surface area contributed by atoms with Crippen LogP contribution in [0.25, 0.3) is 11.4 Å². The molecule has 1 aromatic carbocycles. The average Bonchev–Trinajstić information content (AvgIpc) is 3.15. The van der Waals surface area contributed by atoms with Crippen molar-refractivity contribution in [1.82, 2.24) is 19.2 Å². The Kier molecular flexibility index (Phi) is 4.30. The fourth-order valence-corrected chi connectivity index (χ4v) is 4.37. The molecular weight excluding hydrogens is 360 g/mol. The lowest BCUT2D eigenvalue weighted by Crippen LogP contribution is -2.32. The first-order valence-electron chi connectivity index (χ1n) is 7.80. The quantitative estimate of drug-likeness (QED) is 0.635. The van der Waals surface area contributed by atoms with Crippen LogP contribution in [0.5, 0.6) is 0 Å². The minimum Gasteiger partial charge on any atom is -0.303 e. The van der Waals surface area contributed by atoms with Crippen LogP contribution in [0, 0.1) is 4.77 Å². The second-order valence-electron chi connectivity index (χ2n) is 5.96. The number of hydrogen-bond acceptors (Lipinski definition) is 4. The molecule has 1 aliphatic rings. The number of thiophene rings is 1. The van der Waals surface area contributed by atoms with E-state index >= 15 is 0 Å². The third-order valence-corrected chi connectivity index (χ3v) is 6.21. The van der Waals surface area contributed by atoms with Crippen LogP contribution in [0.2, 0.25) is 5.02 Å². The van der Waals surface area contributed by atoms with Crippen LogP contribution in [0.3, 0.4) is 0 Å². The molecule has 4 nitrogen and oxygen atoms in total. The summed E-state index contributed by atoms with van der Waals surface area (Å²) >= 11 is 13.8. The summed E-state index contributed by atoms with van der Waals surface area (Å²) in [5.41, 5.74) is 2.34. The Hall–Kier alpha value is -1.47. The monoisotopic (exact) mass is 376 g/mol. The summed E-state index contributed by atoms with van der Waals surface area (Å²) in [5.74, 6) is 0.804. The van der Waals surface area contributed by atoms with Crippen molar-refractivity contribution in [2.45, 2.75) is 19.6 Å². The van der Waals surface area contributed by atoms with Crippen LogP contribution in [0.4, 0.5) is 0 Å². The van der Waals surface area contributed by atoms with Gasteiger partial charge in [-0.1, -0.05) is 23.7 Å². The molecule has 4 rings (SSSR count). The van der Waals surface area contributed by atoms with E-state index < -0.39 is 0 Å². The fraction of sp³-hybridized carbons (Fsp3) is 0.294. The Morgan fingerprint density at radius 3 is 2.96 bits per heavy atom. The molecule has 124 valence electrons. The van der Waals surface area contributed by atoms with E-state index in [4.69, 9.17) is 28.9 Å². The normalized spacial score (nSPS) is 14.8. The first-order chi connectivity index (χ1) is 11.6. The first kappa shape index (κ1) is 16.0. The highest BCUT2D eigenvalue weighted by Crippen LogP contribution is 2.27. The van der Waals surface area contributed by atoms with Crippen LogP contribution < -0.4 is 0 Å². The van der Waals surface area contributed by atoms with Gasteiger partial charge in [-0.3, -0.25) is 4.90 Å². The maximum atomic E-state index is 6.32. The zero-order chi connectivity index (χ0) is 16.7. The molecule has 3 heterocycles. The largest absolute Gasteiger partial charge is 0.303 e. The number of nitrogens with zero attached hydrogens (tertiary/aromatic N) is 4. The molecule has 0 atom stereocenters. The number of fused-ring (bicyclic) bond motifs is 1. The van der Waals surface area contributed by atoms with Gasteiger partial charge in [0.05, 0.1) is 11.7 Å². The summed E-state index contributed by atoms with van der Waals surface area (Å²) in [6, 6.07) is 9.96. The molecule has 0 aliphatic carbocycles. The van der Waals surface area contributed by atoms with Crippen molar-refractivity contribution in [2.75, 3.05) is 6.54 Å². The predicted octanol–water partition coefficient (Wildman–Crippen LogP) is 4.35. The Morgan fingerprint density at radius 1 is 1.29 bits per heavy atom. The first-order valence-corrected chi connectivity index (χ1v) is 9.46. The standard InChI is InChI=1S/C17H17ClN4S2/c1-20-16(13-4-2-3-5-14(13)18)19-22(17(20)23)11-21-8-6-15-12(10-21)7-9-24-15/h2-5,7,9H,6,8,10-11H2,1H3. The number of halogens is 1. The lowest BCUT2D eigenvalue weighted by atomic mass is 10.1. The van der Waals surface area contributed by atoms with E-state index in [1.54, 1.807) is 0 Å². The van der Waals surface area contributed by atoms with Gasteiger partial charge < -0.3 is 4.57 Å². The number of benzene rings is 1. The van der Waals surface area contributed by atoms with E-state index in [0.717, 1.165) is 30.9 Å². The lowest BCUT2D eigenvalue weighted by molar-refractivity contribution is 0.189. The fourth-order valence-electron chi connectivity index (χ4n) is 3.07. The summed E-state index contributed by atoms with van der Waals surface area (Å²) in [4.78, 5) is 3.89. The Bertz CT molecular complexity index is 940. The Labute approximate surface area is 154 Å². The van der Waals surface area contributed by atoms with E-state index in [2.05, 4.69) is 16.3 Å². The molecule has 0 saturated carbocycles. The minimum absolute atomic E-state index is 0.689. The lowest BCUT2D eigenvalue weighted by Gasteiger charge is -2.26. The Balaban J connectivity index is 1.62. The van der Waals surface area contributed by atoms with Crippen LogP contribution in [-0.4, -0.2) is 25.8 Å². The van der Waals surface area contributed by atoms with Gasteiger partial charge in [0, 0.05) is 30.6 Å². The van der Waals surface area contributed by atoms with Gasteiger partial charge >= 0.3 is 0 Å². The smallest absolute Gasteiger partial charge is 0.199 e. The van der Waals surface area contributed by atoms with Gasteiger partial charge in [0.2, 0.25) is 0 Å². The SMILES string of the molecule is Cn1c(-c2ccccc2Cl)nn(CN2CCc3sccc3C2)c1=S. The molecule has 3 aromatic rings. The van der Waals surface area contributed by atoms with Gasteiger partial charge in [-0.25, -0.2) is 4.68 Å². The zero-order valence-electron chi connectivity index (χ0n) is 13.3. The molecule has 0 unspecified atom stereocenters. The van der Waals surface area contributed by atoms with E-state index in [1.807, 2.05) is 51.9 Å². The maximum Gasteiger partial charge on any atom is 0.199 e. The Morgan fingerprint density at radius 2 is 2.12 bits per heavy atom. The van der Waals surface area contributed by atoms with Crippen LogP contribution >= 0.6 is 35.2 Å². The zero-order valence-corrected chi connectivity index (χ0v) is 15.7. The van der Waals surface area contributed by atoms with E-state index in [-0.39, 0.29) is 0 Å². The van der Waals surface area contributed by atoms with Crippen molar-refractivity contribution in [3.8, 4) is 11.4 Å². The molecular formula is C17H17ClN4S2. The van der Waals surface area contributed by atoms with Crippen LogP contribution in [-0.2, 0) is 26.7 Å². The van der Waals surface area contributed by atoms with Crippen molar-refractivity contribution in [2.24, 2.45) is 7.05 Å². The molecule has 0 N–H and O–H groups in total. The maximum absolute atomic E-state index is 6.32. The molecule has 0 radical (unpaired) electrons. The molecule has 2 aromatic heterocycles. The van der Waals surface area contributed by atoms with Gasteiger partial charge in [0.25, 0.3) is 0 Å². The summed E-state index contributed by atoms with van der Waals surface area (Å²) in [6.45, 7) is 2.69. The van der Waals surface area contributed by atoms with Gasteiger partial charge in [-0.2, -0.15) is 5.10 Å². The minimum atomic E-state index is 0.689. The highest BCUT2D eigenvalue weighted by Gasteiger charge is 2.19. The second-order valence-corrected chi connectivity index (χ2v) is 7.73. The van der Waals surface area contributed by atoms with Crippen LogP contribution in [0.15, 0.2) is 35.7 Å². The molecule has 0 saturated heterocycles. The second kappa shape index (κ2) is 6.44. The summed E-state index contributed by atoms with van der Waals surface area (Å²) in [6.07, 6.45) is 1.10. The van der Waals surface area contributed by atoms with Gasteiger partial charge in [-0.15, -0.1) is 11.3 Å². The highest BCUT2D eigenvalue weighted by atomic mass is 35.5. The molecule has 7 heteroatoms. The van der Waals surface area contributed by atoms with Gasteiger partial charge in [0.15, 0.2) is 10.6 Å². The highest BCUT2D eigenvalue weighted by molar-refractivity contribution is 7.71. The van der Waals surface area contributed by atoms with Crippen molar-refractivity contribution in [3.05, 3.63) is 55.9 Å². The molecule has 0 amide bonds. The summed E-state index contributed by atoms with van der Waals surface area (Å²) in [7, 11) is 1.94. The third-order valence-electron chi connectivity index (χ3n) is 4.38. The van der Waals surface area contributed by atoms with Crippen molar-refractivity contribution >= 4 is 35.2 Å². The van der Waals surface area contributed by atoms with E-state index in [1.165, 1.54) is 10.4 Å². The van der Waals surface area contributed by atoms with E-state index in [9.17, 15) is 0 Å². The van der Waals surface area contributed by atoms with Gasteiger partial charge in [-0.05, 0) is 47.8 Å².